The van der Waals surface area contributed by atoms with Crippen molar-refractivity contribution in [2.75, 3.05) is 23.4 Å². The first kappa shape index (κ1) is 37.9. The molecular weight excluding hydrogens is 693 g/mol. The van der Waals surface area contributed by atoms with Gasteiger partial charge in [-0.25, -0.2) is 9.59 Å². The first-order valence-corrected chi connectivity index (χ1v) is 19.8. The molecule has 10 heteroatoms. The third kappa shape index (κ3) is 8.04. The van der Waals surface area contributed by atoms with Crippen LogP contribution in [0.25, 0.3) is 28.2 Å². The van der Waals surface area contributed by atoms with Crippen LogP contribution in [-0.2, 0) is 25.6 Å². The largest absolute Gasteiger partial charge is 0.463 e. The Bertz CT molecular complexity index is 2110. The molecule has 55 heavy (non-hydrogen) atoms. The molecule has 2 heterocycles. The summed E-state index contributed by atoms with van der Waals surface area (Å²) in [5.74, 6) is -0.589. The van der Waals surface area contributed by atoms with E-state index < -0.39 is 17.1 Å². The van der Waals surface area contributed by atoms with Crippen molar-refractivity contribution in [1.29, 1.82) is 0 Å². The predicted octanol–water partition coefficient (Wildman–Crippen LogP) is 9.37. The lowest BCUT2D eigenvalue weighted by atomic mass is 9.81. The smallest absolute Gasteiger partial charge is 0.414 e. The molecule has 2 N–H and O–H groups in total. The highest BCUT2D eigenvalue weighted by molar-refractivity contribution is 6.06. The van der Waals surface area contributed by atoms with E-state index in [0.29, 0.717) is 49.7 Å². The van der Waals surface area contributed by atoms with Crippen LogP contribution in [0.1, 0.15) is 113 Å². The summed E-state index contributed by atoms with van der Waals surface area (Å²) in [6.07, 6.45) is 11.1. The Morgan fingerprint density at radius 2 is 1.62 bits per heavy atom. The van der Waals surface area contributed by atoms with Gasteiger partial charge in [0.05, 0.1) is 18.0 Å². The second kappa shape index (κ2) is 15.8. The molecule has 7 rings (SSSR count). The van der Waals surface area contributed by atoms with E-state index in [-0.39, 0.29) is 17.9 Å². The van der Waals surface area contributed by atoms with Crippen molar-refractivity contribution >= 4 is 52.2 Å². The fraction of sp³-hybridized carbons (Fsp3) is 0.422. The van der Waals surface area contributed by atoms with Crippen molar-refractivity contribution in [3.8, 4) is 11.3 Å². The SMILES string of the molecule is CCOC(=O)/C=C/c1ccc(NC(=O)C2(NC(=O)c3ccc4c(C5CCCCC5)c5n(c4c3)CCN(C(=O)OC(C)(C)C)c3ccccc3-5)CCCC2)cc1. The van der Waals surface area contributed by atoms with Gasteiger partial charge in [0.1, 0.15) is 11.1 Å². The molecular formula is C45H52N4O6. The van der Waals surface area contributed by atoms with E-state index in [1.54, 1.807) is 30.0 Å². The van der Waals surface area contributed by atoms with Gasteiger partial charge in [-0.1, -0.05) is 68.5 Å². The molecule has 2 saturated carbocycles. The van der Waals surface area contributed by atoms with Crippen molar-refractivity contribution in [3.05, 3.63) is 89.5 Å². The van der Waals surface area contributed by atoms with Gasteiger partial charge in [0.2, 0.25) is 5.91 Å². The molecule has 1 aromatic heterocycles. The average Bonchev–Trinajstić information content (AvgIpc) is 3.73. The summed E-state index contributed by atoms with van der Waals surface area (Å²) in [6.45, 7) is 8.65. The third-order valence-electron chi connectivity index (χ3n) is 11.1. The zero-order chi connectivity index (χ0) is 38.7. The molecule has 288 valence electrons. The summed E-state index contributed by atoms with van der Waals surface area (Å²) in [6, 6.07) is 21.2. The number of benzene rings is 3. The molecule has 3 amide bonds. The van der Waals surface area contributed by atoms with Gasteiger partial charge in [-0.2, -0.15) is 0 Å². The number of amides is 3. The standard InChI is InChI=1S/C45H52N4O6/c1-5-54-38(50)24-19-30-17-21-33(22-18-30)46-42(52)45(25-11-12-26-45)47-41(51)32-20-23-34-37(29-32)48-27-28-49(43(53)55-44(2,3)4)36-16-10-9-15-35(36)40(48)39(34)31-13-7-6-8-14-31/h9-10,15-24,29,31H,5-8,11-14,25-28H2,1-4H3,(H,46,52)(H,47,51)/b24-19+. The van der Waals surface area contributed by atoms with Crippen LogP contribution >= 0.6 is 0 Å². The van der Waals surface area contributed by atoms with Gasteiger partial charge < -0.3 is 24.7 Å². The first-order chi connectivity index (χ1) is 26.5. The summed E-state index contributed by atoms with van der Waals surface area (Å²) < 4.78 is 13.1. The Balaban J connectivity index is 1.19. The molecule has 0 bridgehead atoms. The Morgan fingerprint density at radius 1 is 0.891 bits per heavy atom. The van der Waals surface area contributed by atoms with Gasteiger partial charge in [0, 0.05) is 46.9 Å². The van der Waals surface area contributed by atoms with Gasteiger partial charge >= 0.3 is 12.1 Å². The van der Waals surface area contributed by atoms with E-state index in [9.17, 15) is 19.2 Å². The predicted molar refractivity (Wildman–Crippen MR) is 216 cm³/mol. The summed E-state index contributed by atoms with van der Waals surface area (Å²) in [5.41, 5.74) is 5.34. The summed E-state index contributed by atoms with van der Waals surface area (Å²) in [5, 5.41) is 7.34. The van der Waals surface area contributed by atoms with Crippen molar-refractivity contribution in [1.82, 2.24) is 9.88 Å². The molecule has 0 atom stereocenters. The Kier molecular flexibility index (Phi) is 10.9. The fourth-order valence-corrected chi connectivity index (χ4v) is 8.54. The first-order valence-electron chi connectivity index (χ1n) is 19.8. The maximum atomic E-state index is 14.2. The molecule has 10 nitrogen and oxygen atoms in total. The summed E-state index contributed by atoms with van der Waals surface area (Å²) in [7, 11) is 0. The molecule has 2 fully saturated rings. The number of anilines is 2. The van der Waals surface area contributed by atoms with Crippen LogP contribution in [0.5, 0.6) is 0 Å². The third-order valence-corrected chi connectivity index (χ3v) is 11.1. The molecule has 0 radical (unpaired) electrons. The molecule has 3 aliphatic rings. The van der Waals surface area contributed by atoms with E-state index in [2.05, 4.69) is 27.3 Å². The number of nitrogens with zero attached hydrogens (tertiary/aromatic N) is 2. The van der Waals surface area contributed by atoms with E-state index in [1.807, 2.05) is 63.2 Å². The molecule has 3 aromatic carbocycles. The number of hydrogen-bond donors (Lipinski definition) is 2. The maximum absolute atomic E-state index is 14.2. The second-order valence-corrected chi connectivity index (χ2v) is 16.0. The molecule has 2 aliphatic carbocycles. The van der Waals surface area contributed by atoms with Crippen LogP contribution in [0.15, 0.2) is 72.8 Å². The molecule has 0 saturated heterocycles. The molecule has 1 aliphatic heterocycles. The highest BCUT2D eigenvalue weighted by Gasteiger charge is 2.43. The highest BCUT2D eigenvalue weighted by atomic mass is 16.6. The van der Waals surface area contributed by atoms with Gasteiger partial charge in [0.15, 0.2) is 0 Å². The number of carbonyl (C=O) groups excluding carboxylic acids is 4. The number of hydrogen-bond acceptors (Lipinski definition) is 6. The Morgan fingerprint density at radius 3 is 2.33 bits per heavy atom. The monoisotopic (exact) mass is 744 g/mol. The van der Waals surface area contributed by atoms with E-state index in [1.165, 1.54) is 30.9 Å². The normalized spacial score (nSPS) is 17.0. The second-order valence-electron chi connectivity index (χ2n) is 16.0. The lowest BCUT2D eigenvalue weighted by molar-refractivity contribution is -0.137. The molecule has 4 aromatic rings. The van der Waals surface area contributed by atoms with Gasteiger partial charge in [-0.05, 0) is 107 Å². The summed E-state index contributed by atoms with van der Waals surface area (Å²) in [4.78, 5) is 55.3. The number of esters is 1. The van der Waals surface area contributed by atoms with Crippen LogP contribution in [0.4, 0.5) is 16.2 Å². The van der Waals surface area contributed by atoms with Crippen LogP contribution in [-0.4, -0.2) is 52.7 Å². The zero-order valence-corrected chi connectivity index (χ0v) is 32.4. The van der Waals surface area contributed by atoms with Crippen LogP contribution < -0.4 is 15.5 Å². The molecule has 0 unspecified atom stereocenters. The van der Waals surface area contributed by atoms with Gasteiger partial charge in [0.25, 0.3) is 5.91 Å². The number of rotatable bonds is 8. The van der Waals surface area contributed by atoms with E-state index in [4.69, 9.17) is 9.47 Å². The Labute approximate surface area is 323 Å². The average molecular weight is 745 g/mol. The van der Waals surface area contributed by atoms with E-state index in [0.717, 1.165) is 59.1 Å². The van der Waals surface area contributed by atoms with Crippen LogP contribution in [0.2, 0.25) is 0 Å². The van der Waals surface area contributed by atoms with Crippen molar-refractivity contribution in [3.63, 3.8) is 0 Å². The van der Waals surface area contributed by atoms with Crippen LogP contribution in [0.3, 0.4) is 0 Å². The number of fused-ring (bicyclic) bond motifs is 5. The Hall–Kier alpha value is -5.38. The number of para-hydroxylation sites is 1. The lowest BCUT2D eigenvalue weighted by Crippen LogP contribution is -2.55. The fourth-order valence-electron chi connectivity index (χ4n) is 8.54. The summed E-state index contributed by atoms with van der Waals surface area (Å²) >= 11 is 0. The maximum Gasteiger partial charge on any atom is 0.414 e. The minimum Gasteiger partial charge on any atom is -0.463 e. The topological polar surface area (TPSA) is 119 Å². The number of nitrogens with one attached hydrogen (secondary N) is 2. The number of carbonyl (C=O) groups is 4. The highest BCUT2D eigenvalue weighted by Crippen LogP contribution is 2.47. The van der Waals surface area contributed by atoms with Gasteiger partial charge in [-0.3, -0.25) is 14.5 Å². The van der Waals surface area contributed by atoms with Crippen molar-refractivity contribution in [2.24, 2.45) is 0 Å². The lowest BCUT2D eigenvalue weighted by Gasteiger charge is -2.29. The quantitative estimate of drug-likeness (QED) is 0.137. The van der Waals surface area contributed by atoms with E-state index >= 15 is 0 Å². The minimum absolute atomic E-state index is 0.246. The van der Waals surface area contributed by atoms with Crippen LogP contribution in [0, 0.1) is 0 Å². The van der Waals surface area contributed by atoms with Crippen molar-refractivity contribution in [2.45, 2.75) is 109 Å². The number of aromatic nitrogens is 1. The van der Waals surface area contributed by atoms with Crippen molar-refractivity contribution < 1.29 is 28.7 Å². The minimum atomic E-state index is -1.05. The zero-order valence-electron chi connectivity index (χ0n) is 32.4. The molecule has 0 spiro atoms. The van der Waals surface area contributed by atoms with Gasteiger partial charge in [-0.15, -0.1) is 0 Å². The number of ether oxygens (including phenoxy) is 2.